The molecule has 1 aliphatic carbocycles. The highest BCUT2D eigenvalue weighted by Gasteiger charge is 2.41. The largest absolute Gasteiger partial charge is 0.335 e. The summed E-state index contributed by atoms with van der Waals surface area (Å²) in [5, 5.41) is 13.2. The van der Waals surface area contributed by atoms with Crippen molar-refractivity contribution in [1.82, 2.24) is 14.9 Å². The number of hydrogen-bond donors (Lipinski definition) is 2. The van der Waals surface area contributed by atoms with E-state index in [0.29, 0.717) is 30.9 Å². The first-order valence-corrected chi connectivity index (χ1v) is 15.1. The summed E-state index contributed by atoms with van der Waals surface area (Å²) in [7, 11) is -3.71. The second kappa shape index (κ2) is 11.3. The van der Waals surface area contributed by atoms with E-state index in [1.807, 2.05) is 18.2 Å². The van der Waals surface area contributed by atoms with E-state index in [1.165, 1.54) is 12.0 Å². The number of nitriles is 1. The lowest BCUT2D eigenvalue weighted by atomic mass is 9.84. The number of fused-ring (bicyclic) bond motifs is 1. The molecule has 8 nitrogen and oxygen atoms in total. The number of amidine groups is 1. The average Bonchev–Trinajstić information content (AvgIpc) is 3.46. The van der Waals surface area contributed by atoms with Crippen molar-refractivity contribution >= 4 is 21.8 Å². The summed E-state index contributed by atoms with van der Waals surface area (Å²) < 4.78 is 27.8. The first-order chi connectivity index (χ1) is 18.4. The molecule has 2 heterocycles. The van der Waals surface area contributed by atoms with Crippen LogP contribution in [0, 0.1) is 17.2 Å². The Morgan fingerprint density at radius 2 is 1.87 bits per heavy atom. The Hall–Kier alpha value is -3.22. The summed E-state index contributed by atoms with van der Waals surface area (Å²) in [6.07, 6.45) is 7.50. The Labute approximate surface area is 225 Å². The molecule has 2 N–H and O–H groups in total. The zero-order valence-electron chi connectivity index (χ0n) is 21.6. The SMILES string of the molecule is N#CC1(NC(=O)C(CC2CCCCC2)N=C2NS(=O)(=O)c3ccccc32)CCN(CCc2ccccc2)C1. The average molecular weight is 534 g/mol. The fraction of sp³-hybridized carbons (Fsp3) is 0.483. The number of aliphatic imine (C=N–C) groups is 1. The molecule has 0 bridgehead atoms. The molecule has 2 unspecified atom stereocenters. The summed E-state index contributed by atoms with van der Waals surface area (Å²) in [5.41, 5.74) is 0.747. The predicted molar refractivity (Wildman–Crippen MR) is 146 cm³/mol. The molecule has 200 valence electrons. The van der Waals surface area contributed by atoms with E-state index < -0.39 is 21.6 Å². The summed E-state index contributed by atoms with van der Waals surface area (Å²) in [4.78, 5) is 20.8. The molecule has 2 aliphatic heterocycles. The molecule has 3 aliphatic rings. The van der Waals surface area contributed by atoms with Crippen LogP contribution in [-0.2, 0) is 21.2 Å². The fourth-order valence-corrected chi connectivity index (χ4v) is 7.13. The third-order valence-electron chi connectivity index (χ3n) is 8.02. The number of nitrogens with one attached hydrogen (secondary N) is 2. The zero-order chi connectivity index (χ0) is 26.6. The zero-order valence-corrected chi connectivity index (χ0v) is 22.4. The van der Waals surface area contributed by atoms with E-state index in [9.17, 15) is 18.5 Å². The van der Waals surface area contributed by atoms with Gasteiger partial charge >= 0.3 is 0 Å². The van der Waals surface area contributed by atoms with Crippen LogP contribution < -0.4 is 10.0 Å². The molecule has 38 heavy (non-hydrogen) atoms. The van der Waals surface area contributed by atoms with Gasteiger partial charge < -0.3 is 5.32 Å². The van der Waals surface area contributed by atoms with Crippen LogP contribution in [0.3, 0.4) is 0 Å². The first kappa shape index (κ1) is 26.4. The van der Waals surface area contributed by atoms with Gasteiger partial charge in [0.25, 0.3) is 10.0 Å². The summed E-state index contributed by atoms with van der Waals surface area (Å²) >= 11 is 0. The molecule has 1 saturated heterocycles. The summed E-state index contributed by atoms with van der Waals surface area (Å²) in [6, 6.07) is 18.5. The minimum absolute atomic E-state index is 0.175. The molecule has 2 aromatic carbocycles. The fourth-order valence-electron chi connectivity index (χ4n) is 5.89. The number of sulfonamides is 1. The van der Waals surface area contributed by atoms with E-state index in [2.05, 4.69) is 33.1 Å². The predicted octanol–water partition coefficient (Wildman–Crippen LogP) is 3.39. The molecular formula is C29H35N5O3S. The molecule has 2 fully saturated rings. The molecule has 0 aromatic heterocycles. The summed E-state index contributed by atoms with van der Waals surface area (Å²) in [5.74, 6) is 0.248. The molecule has 0 spiro atoms. The van der Waals surface area contributed by atoms with Gasteiger partial charge in [-0.25, -0.2) is 8.42 Å². The number of amides is 1. The number of hydrogen-bond acceptors (Lipinski definition) is 6. The van der Waals surface area contributed by atoms with E-state index in [0.717, 1.165) is 45.2 Å². The quantitative estimate of drug-likeness (QED) is 0.540. The van der Waals surface area contributed by atoms with Gasteiger partial charge in [-0.05, 0) is 42.9 Å². The minimum Gasteiger partial charge on any atom is -0.335 e. The molecule has 1 amide bonds. The van der Waals surface area contributed by atoms with Gasteiger partial charge in [-0.15, -0.1) is 0 Å². The Kier molecular flexibility index (Phi) is 7.82. The van der Waals surface area contributed by atoms with Crippen LogP contribution in [0.1, 0.15) is 56.1 Å². The standard InChI is InChI=1S/C29H35N5O3S/c30-20-29(16-18-34(21-29)17-15-22-9-3-1-4-10-22)32-28(35)25(19-23-11-5-2-6-12-23)31-27-24-13-7-8-14-26(24)38(36,37)33-27/h1,3-4,7-10,13-14,23,25H,2,5-6,11-12,15-19,21H2,(H,31,33)(H,32,35). The highest BCUT2D eigenvalue weighted by atomic mass is 32.2. The Balaban J connectivity index is 1.33. The van der Waals surface area contributed by atoms with Gasteiger partial charge in [-0.3, -0.25) is 19.4 Å². The third-order valence-corrected chi connectivity index (χ3v) is 9.41. The van der Waals surface area contributed by atoms with Crippen LogP contribution in [0.2, 0.25) is 0 Å². The van der Waals surface area contributed by atoms with Crippen molar-refractivity contribution in [2.24, 2.45) is 10.9 Å². The highest BCUT2D eigenvalue weighted by Crippen LogP contribution is 2.30. The summed E-state index contributed by atoms with van der Waals surface area (Å²) in [6.45, 7) is 2.01. The van der Waals surface area contributed by atoms with Crippen LogP contribution in [0.4, 0.5) is 0 Å². The minimum atomic E-state index is -3.71. The van der Waals surface area contributed by atoms with Crippen molar-refractivity contribution in [2.75, 3.05) is 19.6 Å². The Bertz CT molecular complexity index is 1330. The number of carbonyl (C=O) groups excluding carboxylic acids is 1. The van der Waals surface area contributed by atoms with Crippen LogP contribution in [0.15, 0.2) is 64.5 Å². The maximum Gasteiger partial charge on any atom is 0.263 e. The molecule has 2 aromatic rings. The topological polar surface area (TPSA) is 115 Å². The number of nitrogens with zero attached hydrogens (tertiary/aromatic N) is 3. The smallest absolute Gasteiger partial charge is 0.263 e. The lowest BCUT2D eigenvalue weighted by Gasteiger charge is -2.28. The second-order valence-electron chi connectivity index (χ2n) is 10.8. The van der Waals surface area contributed by atoms with Gasteiger partial charge in [0.05, 0.1) is 11.0 Å². The molecule has 0 radical (unpaired) electrons. The first-order valence-electron chi connectivity index (χ1n) is 13.6. The maximum absolute atomic E-state index is 13.7. The van der Waals surface area contributed by atoms with Gasteiger partial charge in [0.1, 0.15) is 17.4 Å². The molecular weight excluding hydrogens is 498 g/mol. The number of carbonyl (C=O) groups is 1. The van der Waals surface area contributed by atoms with Gasteiger partial charge in [0, 0.05) is 25.2 Å². The van der Waals surface area contributed by atoms with E-state index >= 15 is 0 Å². The molecule has 9 heteroatoms. The number of likely N-dealkylation sites (tertiary alicyclic amines) is 1. The van der Waals surface area contributed by atoms with E-state index in [4.69, 9.17) is 4.99 Å². The van der Waals surface area contributed by atoms with Crippen molar-refractivity contribution in [3.8, 4) is 6.07 Å². The monoisotopic (exact) mass is 533 g/mol. The van der Waals surface area contributed by atoms with Crippen molar-refractivity contribution in [2.45, 2.75) is 67.8 Å². The molecule has 1 saturated carbocycles. The number of benzene rings is 2. The lowest BCUT2D eigenvalue weighted by Crippen LogP contribution is -2.52. The highest BCUT2D eigenvalue weighted by molar-refractivity contribution is 7.90. The van der Waals surface area contributed by atoms with Gasteiger partial charge in [-0.1, -0.05) is 74.6 Å². The van der Waals surface area contributed by atoms with E-state index in [-0.39, 0.29) is 16.6 Å². The molecule has 5 rings (SSSR count). The normalized spacial score (nSPS) is 24.9. The van der Waals surface area contributed by atoms with Gasteiger partial charge in [0.2, 0.25) is 5.91 Å². The van der Waals surface area contributed by atoms with Crippen molar-refractivity contribution in [3.05, 3.63) is 65.7 Å². The van der Waals surface area contributed by atoms with Crippen LogP contribution >= 0.6 is 0 Å². The van der Waals surface area contributed by atoms with Crippen molar-refractivity contribution in [1.29, 1.82) is 5.26 Å². The second-order valence-corrected chi connectivity index (χ2v) is 12.4. The maximum atomic E-state index is 13.7. The number of rotatable bonds is 8. The van der Waals surface area contributed by atoms with E-state index in [1.54, 1.807) is 24.3 Å². The lowest BCUT2D eigenvalue weighted by molar-refractivity contribution is -0.124. The Morgan fingerprint density at radius 3 is 2.63 bits per heavy atom. The van der Waals surface area contributed by atoms with Crippen molar-refractivity contribution < 1.29 is 13.2 Å². The van der Waals surface area contributed by atoms with Crippen molar-refractivity contribution in [3.63, 3.8) is 0 Å². The van der Waals surface area contributed by atoms with Crippen LogP contribution in [0.5, 0.6) is 0 Å². The third kappa shape index (κ3) is 5.92. The van der Waals surface area contributed by atoms with Crippen LogP contribution in [-0.4, -0.2) is 56.3 Å². The van der Waals surface area contributed by atoms with Crippen LogP contribution in [0.25, 0.3) is 0 Å². The van der Waals surface area contributed by atoms with Gasteiger partial charge in [0.15, 0.2) is 0 Å². The van der Waals surface area contributed by atoms with Gasteiger partial charge in [-0.2, -0.15) is 5.26 Å². The molecule has 2 atom stereocenters. The Morgan fingerprint density at radius 1 is 1.13 bits per heavy atom.